The van der Waals surface area contributed by atoms with Crippen LogP contribution in [-0.2, 0) is 0 Å². The van der Waals surface area contributed by atoms with Gasteiger partial charge in [-0.05, 0) is 95.4 Å². The third-order valence-corrected chi connectivity index (χ3v) is 9.63. The molecule has 0 radical (unpaired) electrons. The number of rotatable bonds is 5. The van der Waals surface area contributed by atoms with Crippen molar-refractivity contribution in [2.75, 3.05) is 0 Å². The lowest BCUT2D eigenvalue weighted by atomic mass is 9.84. The summed E-state index contributed by atoms with van der Waals surface area (Å²) < 4.78 is 84.0. The maximum absolute atomic E-state index is 8.96. The van der Waals surface area contributed by atoms with Gasteiger partial charge in [0.25, 0.3) is 0 Å². The summed E-state index contributed by atoms with van der Waals surface area (Å²) in [4.78, 5) is 0. The minimum absolute atomic E-state index is 0.0837. The first-order valence-electron chi connectivity index (χ1n) is 21.3. The van der Waals surface area contributed by atoms with Gasteiger partial charge in [0, 0.05) is 10.8 Å². The summed E-state index contributed by atoms with van der Waals surface area (Å²) in [5.41, 5.74) is 7.45. The molecule has 0 saturated heterocycles. The van der Waals surface area contributed by atoms with E-state index in [1.54, 1.807) is 24.3 Å². The lowest BCUT2D eigenvalue weighted by Crippen LogP contribution is -1.91. The quantitative estimate of drug-likeness (QED) is 0.168. The lowest BCUT2D eigenvalue weighted by molar-refractivity contribution is 0.669. The molecule has 0 atom stereocenters. The fourth-order valence-electron chi connectivity index (χ4n) is 7.32. The van der Waals surface area contributed by atoms with Crippen LogP contribution in [0, 0.1) is 0 Å². The highest BCUT2D eigenvalue weighted by atomic mass is 16.3. The first-order chi connectivity index (χ1) is 29.0. The van der Waals surface area contributed by atoms with Crippen LogP contribution in [0.2, 0.25) is 0 Å². The Morgan fingerprint density at radius 3 is 1.51 bits per heavy atom. The molecule has 1 nitrogen and oxygen atoms in total. The molecule has 0 saturated carbocycles. The Kier molecular flexibility index (Phi) is 5.04. The van der Waals surface area contributed by atoms with Crippen LogP contribution < -0.4 is 0 Å². The second kappa shape index (κ2) is 12.0. The number of hydrogen-bond acceptors (Lipinski definition) is 1. The predicted molar refractivity (Wildman–Crippen MR) is 216 cm³/mol. The van der Waals surface area contributed by atoms with Crippen molar-refractivity contribution in [2.45, 2.75) is 0 Å². The Bertz CT molecular complexity index is 3290. The Hall–Kier alpha value is -6.70. The molecular formula is C50H32O. The molecule has 0 bridgehead atoms. The van der Waals surface area contributed by atoms with Gasteiger partial charge in [-0.2, -0.15) is 0 Å². The first-order valence-corrected chi connectivity index (χ1v) is 16.8. The van der Waals surface area contributed by atoms with Crippen molar-refractivity contribution in [3.63, 3.8) is 0 Å². The van der Waals surface area contributed by atoms with Gasteiger partial charge in [0.15, 0.2) is 0 Å². The first kappa shape index (κ1) is 21.4. The van der Waals surface area contributed by atoms with E-state index in [-0.39, 0.29) is 65.0 Å². The summed E-state index contributed by atoms with van der Waals surface area (Å²) in [5, 5.41) is 5.58. The Morgan fingerprint density at radius 2 is 0.863 bits per heavy atom. The average Bonchev–Trinajstić information content (AvgIpc) is 3.65. The van der Waals surface area contributed by atoms with E-state index in [1.807, 2.05) is 84.9 Å². The highest BCUT2D eigenvalue weighted by Crippen LogP contribution is 2.47. The van der Waals surface area contributed by atoms with Crippen molar-refractivity contribution < 1.29 is 16.8 Å². The van der Waals surface area contributed by atoms with Gasteiger partial charge in [-0.25, -0.2) is 0 Å². The number of fused-ring (bicyclic) bond motifs is 5. The highest BCUT2D eigenvalue weighted by Gasteiger charge is 2.20. The monoisotopic (exact) mass is 657 g/mol. The summed E-state index contributed by atoms with van der Waals surface area (Å²) in [6.07, 6.45) is 0. The Labute approximate surface area is 309 Å². The minimum atomic E-state index is -0.438. The summed E-state index contributed by atoms with van der Waals surface area (Å²) in [6, 6.07) is 42.4. The molecule has 1 heteroatoms. The number of furan rings is 1. The zero-order chi connectivity index (χ0) is 41.6. The normalized spacial score (nSPS) is 14.0. The molecule has 51 heavy (non-hydrogen) atoms. The van der Waals surface area contributed by atoms with E-state index < -0.39 is 6.04 Å². The standard InChI is InChI=1S/C50H32O/c1-3-12-33(13-4-1)35-22-24-36(25-23-35)37-26-28-38(29-27-37)48-40-16-7-9-18-42(40)49(43-19-10-8-17-41(43)48)44-20-11-21-47-50(44)45-32-39(30-31-46(45)51-47)34-14-5-2-6-15-34/h1-32H/i2D,5D,6D,14D,15D,22D,23D,24D,25D. The molecule has 0 N–H and O–H groups in total. The Balaban J connectivity index is 1.17. The largest absolute Gasteiger partial charge is 0.456 e. The van der Waals surface area contributed by atoms with Crippen molar-refractivity contribution in [1.82, 2.24) is 0 Å². The molecule has 1 aromatic heterocycles. The molecule has 0 aliphatic rings. The zero-order valence-corrected chi connectivity index (χ0v) is 27.2. The SMILES string of the molecule is [2H]c1c([2H])c([2H])c(-c2ccc3oc4cccc(-c5c6ccccc6c(-c6ccc(-c7c([2H])c([2H])c(-c8ccccc8)c([2H])c7[2H])cc6)c6ccccc56)c4c3c2)c([2H])c1[2H]. The van der Waals surface area contributed by atoms with Crippen molar-refractivity contribution >= 4 is 43.5 Å². The van der Waals surface area contributed by atoms with E-state index in [1.165, 1.54) is 0 Å². The van der Waals surface area contributed by atoms with Gasteiger partial charge in [0.1, 0.15) is 11.2 Å². The van der Waals surface area contributed by atoms with Gasteiger partial charge < -0.3 is 4.42 Å². The fourth-order valence-corrected chi connectivity index (χ4v) is 7.32. The van der Waals surface area contributed by atoms with Crippen LogP contribution in [-0.4, -0.2) is 0 Å². The molecule has 0 aliphatic carbocycles. The van der Waals surface area contributed by atoms with Crippen LogP contribution in [0.1, 0.15) is 12.3 Å². The van der Waals surface area contributed by atoms with Gasteiger partial charge in [-0.15, -0.1) is 0 Å². The summed E-state index contributed by atoms with van der Waals surface area (Å²) in [5.74, 6) is 0. The average molecular weight is 658 g/mol. The molecule has 9 aromatic carbocycles. The maximum atomic E-state index is 8.96. The number of hydrogen-bond donors (Lipinski definition) is 0. The van der Waals surface area contributed by atoms with Crippen LogP contribution in [0.5, 0.6) is 0 Å². The van der Waals surface area contributed by atoms with E-state index in [0.717, 1.165) is 54.6 Å². The van der Waals surface area contributed by atoms with E-state index in [2.05, 4.69) is 30.3 Å². The summed E-state index contributed by atoms with van der Waals surface area (Å²) in [7, 11) is 0. The molecule has 0 unspecified atom stereocenters. The molecule has 1 heterocycles. The summed E-state index contributed by atoms with van der Waals surface area (Å²) in [6.45, 7) is 0. The second-order valence-corrected chi connectivity index (χ2v) is 12.5. The zero-order valence-electron chi connectivity index (χ0n) is 36.2. The van der Waals surface area contributed by atoms with Crippen molar-refractivity contribution in [3.8, 4) is 55.6 Å². The van der Waals surface area contributed by atoms with Crippen molar-refractivity contribution in [3.05, 3.63) is 194 Å². The highest BCUT2D eigenvalue weighted by molar-refractivity contribution is 6.25. The van der Waals surface area contributed by atoms with E-state index in [4.69, 9.17) is 16.8 Å². The molecule has 0 fully saturated rings. The number of benzene rings is 9. The van der Waals surface area contributed by atoms with E-state index in [0.29, 0.717) is 27.9 Å². The maximum Gasteiger partial charge on any atom is 0.136 e. The molecule has 0 amide bonds. The van der Waals surface area contributed by atoms with Gasteiger partial charge in [0.2, 0.25) is 0 Å². The van der Waals surface area contributed by atoms with Gasteiger partial charge in [0.05, 0.1) is 12.3 Å². The lowest BCUT2D eigenvalue weighted by Gasteiger charge is -2.18. The fraction of sp³-hybridized carbons (Fsp3) is 0. The van der Waals surface area contributed by atoms with Crippen LogP contribution >= 0.6 is 0 Å². The van der Waals surface area contributed by atoms with E-state index >= 15 is 0 Å². The molecule has 0 aliphatic heterocycles. The molecule has 10 rings (SSSR count). The van der Waals surface area contributed by atoms with Crippen LogP contribution in [0.15, 0.2) is 198 Å². The topological polar surface area (TPSA) is 13.1 Å². The Morgan fingerprint density at radius 1 is 0.333 bits per heavy atom. The summed E-state index contributed by atoms with van der Waals surface area (Å²) >= 11 is 0. The third-order valence-electron chi connectivity index (χ3n) is 9.63. The molecule has 238 valence electrons. The van der Waals surface area contributed by atoms with Gasteiger partial charge in [-0.1, -0.05) is 176 Å². The molecule has 10 aromatic rings. The van der Waals surface area contributed by atoms with Gasteiger partial charge >= 0.3 is 0 Å². The molecular weight excluding hydrogens is 617 g/mol. The van der Waals surface area contributed by atoms with Crippen LogP contribution in [0.4, 0.5) is 0 Å². The second-order valence-electron chi connectivity index (χ2n) is 12.5. The minimum Gasteiger partial charge on any atom is -0.456 e. The van der Waals surface area contributed by atoms with Crippen LogP contribution in [0.25, 0.3) is 99.1 Å². The van der Waals surface area contributed by atoms with E-state index in [9.17, 15) is 0 Å². The third kappa shape index (κ3) is 4.94. The van der Waals surface area contributed by atoms with Crippen molar-refractivity contribution in [2.24, 2.45) is 0 Å². The predicted octanol–water partition coefficient (Wildman–Crippen LogP) is 14.2. The smallest absolute Gasteiger partial charge is 0.136 e. The van der Waals surface area contributed by atoms with Gasteiger partial charge in [-0.3, -0.25) is 0 Å². The molecule has 0 spiro atoms. The van der Waals surface area contributed by atoms with Crippen molar-refractivity contribution in [1.29, 1.82) is 0 Å². The van der Waals surface area contributed by atoms with Crippen LogP contribution in [0.3, 0.4) is 0 Å².